The first-order valence-electron chi connectivity index (χ1n) is 10.9. The Hall–Kier alpha value is -4.16. The summed E-state index contributed by atoms with van der Waals surface area (Å²) >= 11 is 6.90. The summed E-state index contributed by atoms with van der Waals surface area (Å²) in [7, 11) is 0. The Balaban J connectivity index is 1.41. The van der Waals surface area contributed by atoms with Crippen molar-refractivity contribution in [3.63, 3.8) is 0 Å². The van der Waals surface area contributed by atoms with Crippen LogP contribution in [0, 0.1) is 10.6 Å². The Kier molecular flexibility index (Phi) is 6.96. The predicted octanol–water partition coefficient (Wildman–Crippen LogP) is 4.55. The highest BCUT2D eigenvalue weighted by Gasteiger charge is 2.15. The minimum absolute atomic E-state index is 0.329. The average molecular weight is 518 g/mol. The molecule has 0 saturated heterocycles. The van der Waals surface area contributed by atoms with Crippen LogP contribution in [0.4, 0.5) is 4.39 Å². The monoisotopic (exact) mass is 517 g/mol. The van der Waals surface area contributed by atoms with E-state index in [2.05, 4.69) is 25.4 Å². The number of hydrogen-bond acceptors (Lipinski definition) is 8. The Morgan fingerprint density at radius 2 is 1.81 bits per heavy atom. The Morgan fingerprint density at radius 3 is 2.56 bits per heavy atom. The molecule has 5 rings (SSSR count). The van der Waals surface area contributed by atoms with E-state index in [0.29, 0.717) is 39.3 Å². The molecule has 3 N–H and O–H groups in total. The van der Waals surface area contributed by atoms with Gasteiger partial charge in [-0.25, -0.2) is 14.2 Å². The minimum Gasteiger partial charge on any atom is -0.335 e. The molecule has 12 heteroatoms. The van der Waals surface area contributed by atoms with Crippen LogP contribution in [0.2, 0.25) is 0 Å². The van der Waals surface area contributed by atoms with Gasteiger partial charge in [0.2, 0.25) is 9.93 Å². The number of nitrogens with one attached hydrogen (secondary N) is 1. The molecule has 3 heterocycles. The molecule has 0 spiro atoms. The van der Waals surface area contributed by atoms with Gasteiger partial charge >= 0.3 is 0 Å². The quantitative estimate of drug-likeness (QED) is 0.134. The normalized spacial score (nSPS) is 11.6. The van der Waals surface area contributed by atoms with Gasteiger partial charge in [0.15, 0.2) is 11.6 Å². The van der Waals surface area contributed by atoms with Crippen LogP contribution in [0.1, 0.15) is 12.0 Å². The maximum Gasteiger partial charge on any atom is 0.216 e. The van der Waals surface area contributed by atoms with Gasteiger partial charge in [-0.15, -0.1) is 10.2 Å². The zero-order chi connectivity index (χ0) is 24.9. The van der Waals surface area contributed by atoms with Gasteiger partial charge in [0, 0.05) is 35.7 Å². The molecular formula is C24H20FN9S2. The molecule has 5 aromatic rings. The number of aromatic amines is 1. The van der Waals surface area contributed by atoms with Crippen LogP contribution in [-0.2, 0) is 0 Å². The van der Waals surface area contributed by atoms with Gasteiger partial charge in [-0.1, -0.05) is 42.1 Å². The number of H-pyrrole nitrogens is 1. The van der Waals surface area contributed by atoms with Gasteiger partial charge < -0.3 is 5.84 Å². The lowest BCUT2D eigenvalue weighted by atomic mass is 10.1. The summed E-state index contributed by atoms with van der Waals surface area (Å²) in [5.74, 6) is 7.57. The van der Waals surface area contributed by atoms with Gasteiger partial charge in [0.05, 0.1) is 5.71 Å². The summed E-state index contributed by atoms with van der Waals surface area (Å²) in [4.78, 5) is 4.11. The molecule has 0 aliphatic rings. The van der Waals surface area contributed by atoms with E-state index in [-0.39, 0.29) is 5.82 Å². The second kappa shape index (κ2) is 10.6. The van der Waals surface area contributed by atoms with Crippen LogP contribution in [0.5, 0.6) is 0 Å². The van der Waals surface area contributed by atoms with Gasteiger partial charge in [-0.05, 0) is 54.2 Å². The smallest absolute Gasteiger partial charge is 0.216 e. The van der Waals surface area contributed by atoms with E-state index in [1.807, 2.05) is 42.5 Å². The average Bonchev–Trinajstić information content (AvgIpc) is 3.47. The second-order valence-corrected chi connectivity index (χ2v) is 9.05. The molecule has 0 amide bonds. The first-order chi connectivity index (χ1) is 17.6. The number of benzene rings is 2. The van der Waals surface area contributed by atoms with E-state index in [9.17, 15) is 4.39 Å². The highest BCUT2D eigenvalue weighted by atomic mass is 32.2. The molecule has 36 heavy (non-hydrogen) atoms. The van der Waals surface area contributed by atoms with Gasteiger partial charge in [-0.2, -0.15) is 14.9 Å². The fraction of sp³-hybridized carbons (Fsp3) is 0.0833. The summed E-state index contributed by atoms with van der Waals surface area (Å²) in [6.45, 7) is 0. The summed E-state index contributed by atoms with van der Waals surface area (Å²) in [5.41, 5.74) is 3.21. The number of halogens is 1. The van der Waals surface area contributed by atoms with Gasteiger partial charge in [-0.3, -0.25) is 4.98 Å². The molecule has 9 nitrogen and oxygen atoms in total. The molecule has 0 aliphatic heterocycles. The lowest BCUT2D eigenvalue weighted by Crippen LogP contribution is -2.12. The Morgan fingerprint density at radius 1 is 1.00 bits per heavy atom. The van der Waals surface area contributed by atoms with Crippen molar-refractivity contribution >= 4 is 29.7 Å². The third-order valence-corrected chi connectivity index (χ3v) is 6.44. The SMILES string of the molecule is Nn1c(SCC/C(=N\n2c(-c3ccc(F)cc3)n[nH]c2=S)c2ccccc2)nnc1-c1cccnc1. The van der Waals surface area contributed by atoms with Crippen LogP contribution in [0.15, 0.2) is 89.4 Å². The van der Waals surface area contributed by atoms with Crippen LogP contribution >= 0.6 is 24.0 Å². The fourth-order valence-corrected chi connectivity index (χ4v) is 4.45. The van der Waals surface area contributed by atoms with Crippen molar-refractivity contribution in [1.29, 1.82) is 0 Å². The van der Waals surface area contributed by atoms with Crippen molar-refractivity contribution in [3.05, 3.63) is 95.3 Å². The molecule has 2 aromatic carbocycles. The molecule has 0 atom stereocenters. The van der Waals surface area contributed by atoms with E-state index in [1.165, 1.54) is 28.6 Å². The van der Waals surface area contributed by atoms with Crippen molar-refractivity contribution in [1.82, 2.24) is 34.7 Å². The molecule has 180 valence electrons. The first-order valence-corrected chi connectivity index (χ1v) is 12.3. The lowest BCUT2D eigenvalue weighted by Gasteiger charge is -2.09. The maximum absolute atomic E-state index is 13.4. The molecule has 0 fully saturated rings. The van der Waals surface area contributed by atoms with E-state index < -0.39 is 0 Å². The van der Waals surface area contributed by atoms with Crippen LogP contribution in [-0.4, -0.2) is 46.2 Å². The number of hydrogen-bond donors (Lipinski definition) is 2. The first kappa shape index (κ1) is 23.6. The number of nitrogens with zero attached hydrogens (tertiary/aromatic N) is 7. The number of rotatable bonds is 8. The highest BCUT2D eigenvalue weighted by molar-refractivity contribution is 7.99. The van der Waals surface area contributed by atoms with E-state index in [4.69, 9.17) is 23.2 Å². The summed E-state index contributed by atoms with van der Waals surface area (Å²) in [6, 6.07) is 19.5. The molecule has 0 aliphatic carbocycles. The van der Waals surface area contributed by atoms with Crippen molar-refractivity contribution in [2.24, 2.45) is 5.10 Å². The van der Waals surface area contributed by atoms with Gasteiger partial charge in [0.1, 0.15) is 5.82 Å². The molecule has 0 bridgehead atoms. The van der Waals surface area contributed by atoms with Crippen molar-refractivity contribution in [2.45, 2.75) is 11.6 Å². The number of aromatic nitrogens is 7. The molecule has 3 aromatic heterocycles. The van der Waals surface area contributed by atoms with Crippen molar-refractivity contribution in [2.75, 3.05) is 11.6 Å². The number of thioether (sulfide) groups is 1. The van der Waals surface area contributed by atoms with E-state index in [1.54, 1.807) is 29.2 Å². The second-order valence-electron chi connectivity index (χ2n) is 7.60. The van der Waals surface area contributed by atoms with Crippen molar-refractivity contribution in [3.8, 4) is 22.8 Å². The van der Waals surface area contributed by atoms with E-state index in [0.717, 1.165) is 16.8 Å². The van der Waals surface area contributed by atoms with Crippen LogP contribution in [0.3, 0.4) is 0 Å². The topological polar surface area (TPSA) is 116 Å². The van der Waals surface area contributed by atoms with Crippen molar-refractivity contribution < 1.29 is 4.39 Å². The maximum atomic E-state index is 13.4. The lowest BCUT2D eigenvalue weighted by molar-refractivity contribution is 0.628. The molecular weight excluding hydrogens is 497 g/mol. The molecule has 0 unspecified atom stereocenters. The third kappa shape index (κ3) is 5.09. The zero-order valence-electron chi connectivity index (χ0n) is 18.8. The summed E-state index contributed by atoms with van der Waals surface area (Å²) in [6.07, 6.45) is 3.96. The number of nitrogens with two attached hydrogens (primary N) is 1. The minimum atomic E-state index is -0.329. The summed E-state index contributed by atoms with van der Waals surface area (Å²) in [5, 5.41) is 20.9. The Labute approximate surface area is 214 Å². The van der Waals surface area contributed by atoms with Crippen LogP contribution < -0.4 is 5.84 Å². The standard InChI is InChI=1S/C24H20FN9S2/c25-19-10-8-17(9-11-19)22-29-30-23(35)34(22)32-20(16-5-2-1-3-6-16)12-14-36-24-31-28-21(33(24)26)18-7-4-13-27-15-18/h1-11,13,15H,12,14,26H2,(H,30,35)/b32-20+. The largest absolute Gasteiger partial charge is 0.335 e. The number of nitrogen functional groups attached to an aromatic ring is 1. The van der Waals surface area contributed by atoms with E-state index >= 15 is 0 Å². The molecule has 0 radical (unpaired) electrons. The predicted molar refractivity (Wildman–Crippen MR) is 140 cm³/mol. The third-order valence-electron chi connectivity index (χ3n) is 5.23. The molecule has 0 saturated carbocycles. The Bertz CT molecular complexity index is 1540. The fourth-order valence-electron chi connectivity index (χ4n) is 3.48. The number of pyridine rings is 1. The van der Waals surface area contributed by atoms with Gasteiger partial charge in [0.25, 0.3) is 0 Å². The summed E-state index contributed by atoms with van der Waals surface area (Å²) < 4.78 is 16.8. The van der Waals surface area contributed by atoms with Crippen LogP contribution in [0.25, 0.3) is 22.8 Å². The highest BCUT2D eigenvalue weighted by Crippen LogP contribution is 2.23. The zero-order valence-corrected chi connectivity index (χ0v) is 20.5.